The Bertz CT molecular complexity index is 3980. The van der Waals surface area contributed by atoms with E-state index in [1.165, 1.54) is 16.7 Å². The van der Waals surface area contributed by atoms with Crippen molar-refractivity contribution >= 4 is 49.8 Å². The molecule has 0 spiro atoms. The molecule has 2 aliphatic heterocycles. The third-order valence-corrected chi connectivity index (χ3v) is 13.6. The lowest BCUT2D eigenvalue weighted by molar-refractivity contribution is 0.481. The van der Waals surface area contributed by atoms with Gasteiger partial charge in [-0.3, -0.25) is 0 Å². The second-order valence-electron chi connectivity index (χ2n) is 22.2. The Morgan fingerprint density at radius 1 is 0.311 bits per heavy atom. The molecule has 0 radical (unpaired) electrons. The summed E-state index contributed by atoms with van der Waals surface area (Å²) in [5, 5.41) is 3.14. The number of benzene rings is 7. The minimum absolute atomic E-state index is 0.00605. The van der Waals surface area contributed by atoms with Gasteiger partial charge in [0.1, 0.15) is 57.1 Å². The van der Waals surface area contributed by atoms with E-state index in [9.17, 15) is 0 Å². The van der Waals surface area contributed by atoms with Gasteiger partial charge in [-0.1, -0.05) is 98.7 Å². The molecule has 4 N–H and O–H groups in total. The van der Waals surface area contributed by atoms with Crippen LogP contribution in [0.25, 0.3) is 89.7 Å². The monoisotopic (exact) mass is 973 g/mol. The summed E-state index contributed by atoms with van der Waals surface area (Å²) in [5.41, 5.74) is 15.9. The quantitative estimate of drug-likeness (QED) is 0.137. The fourth-order valence-corrected chi connectivity index (χ4v) is 9.42. The number of nitrogen functional groups attached to an aromatic ring is 1. The van der Waals surface area contributed by atoms with Gasteiger partial charge in [0.2, 0.25) is 0 Å². The number of aromatic amines is 2. The predicted molar refractivity (Wildman–Crippen MR) is 296 cm³/mol. The van der Waals surface area contributed by atoms with E-state index in [2.05, 4.69) is 109 Å². The second-order valence-corrected chi connectivity index (χ2v) is 22.2. The first-order valence-electron chi connectivity index (χ1n) is 24.9. The number of rotatable bonds is 6. The van der Waals surface area contributed by atoms with Gasteiger partial charge < -0.3 is 29.9 Å². The van der Waals surface area contributed by atoms with Crippen molar-refractivity contribution in [2.45, 2.75) is 78.6 Å². The van der Waals surface area contributed by atoms with E-state index in [1.807, 2.05) is 109 Å². The second kappa shape index (κ2) is 17.1. The summed E-state index contributed by atoms with van der Waals surface area (Å²) in [4.78, 5) is 38.5. The topological polar surface area (TPSA) is 163 Å². The lowest BCUT2D eigenvalue weighted by atomic mass is 9.87. The SMILES string of the molecule is CC(C)(C)c1ccc(Oc2ccc3c(c2)-c2nc-3nc3[nH]c(nc4nc(nc5[nH]c(n2)c2ccc(N)cc52)-c2ccc(Oc5ccc(C(C)(C)C)cc5)cc2-4)c2ccc(Oc4ccc(C(C)(C)C)cc4)cc32)cc1. The molecule has 74 heavy (non-hydrogen) atoms. The van der Waals surface area contributed by atoms with Crippen LogP contribution in [0, 0.1) is 0 Å². The number of nitrogens with one attached hydrogen (secondary N) is 2. The van der Waals surface area contributed by atoms with Gasteiger partial charge in [-0.15, -0.1) is 0 Å². The van der Waals surface area contributed by atoms with Crippen LogP contribution in [-0.2, 0) is 16.2 Å². The van der Waals surface area contributed by atoms with Crippen molar-refractivity contribution in [3.8, 4) is 80.0 Å². The molecule has 12 rings (SSSR count). The molecule has 0 aliphatic carbocycles. The molecule has 0 saturated carbocycles. The van der Waals surface area contributed by atoms with Crippen molar-refractivity contribution in [2.75, 3.05) is 5.73 Å². The van der Waals surface area contributed by atoms with Crippen molar-refractivity contribution in [3.05, 3.63) is 162 Å². The summed E-state index contributed by atoms with van der Waals surface area (Å²) in [7, 11) is 0. The van der Waals surface area contributed by atoms with Gasteiger partial charge in [-0.05, 0) is 142 Å². The summed E-state index contributed by atoms with van der Waals surface area (Å²) >= 11 is 0. The molecule has 0 amide bonds. The lowest BCUT2D eigenvalue weighted by Crippen LogP contribution is -2.10. The smallest absolute Gasteiger partial charge is 0.164 e. The normalized spacial score (nSPS) is 12.4. The highest BCUT2D eigenvalue weighted by Crippen LogP contribution is 2.42. The van der Waals surface area contributed by atoms with E-state index >= 15 is 0 Å². The maximum absolute atomic E-state index is 6.52. The van der Waals surface area contributed by atoms with Crippen molar-refractivity contribution in [2.24, 2.45) is 0 Å². The Labute approximate surface area is 428 Å². The predicted octanol–water partition coefficient (Wildman–Crippen LogP) is 15.7. The van der Waals surface area contributed by atoms with Gasteiger partial charge in [0.15, 0.2) is 23.3 Å². The van der Waals surface area contributed by atoms with Gasteiger partial charge in [-0.25, -0.2) is 29.9 Å². The number of nitrogens with zero attached hydrogens (tertiary/aromatic N) is 6. The van der Waals surface area contributed by atoms with Crippen molar-refractivity contribution in [1.29, 1.82) is 0 Å². The highest BCUT2D eigenvalue weighted by Gasteiger charge is 2.25. The molecule has 0 atom stereocenters. The first kappa shape index (κ1) is 46.2. The average Bonchev–Trinajstić information content (AvgIpc) is 4.08. The summed E-state index contributed by atoms with van der Waals surface area (Å²) in [6.45, 7) is 19.8. The van der Waals surface area contributed by atoms with Crippen LogP contribution in [0.3, 0.4) is 0 Å². The standard InChI is InChI=1S/C62H55N9O3/c1-60(2,3)34-10-17-38(18-11-34)72-41-23-27-45-49(31-41)58-67-53(45)65-56-48-30-37(63)16-26-44(48)52(64-56)66-57-50-32-42(73-39-19-12-35(13-20-39)61(4,5)6)24-28-46(50)54(68-57)70-59-51-33-43(25-29-47(51)55(69-58)71-59)74-40-21-14-36(15-22-40)62(7,8)9/h10-33H,63H2,1-9H3,(H2,64,65,66,67,68,69,70,71). The van der Waals surface area contributed by atoms with Crippen molar-refractivity contribution < 1.29 is 14.2 Å². The minimum atomic E-state index is 0.00605. The van der Waals surface area contributed by atoms with Gasteiger partial charge in [-0.2, -0.15) is 0 Å². The maximum Gasteiger partial charge on any atom is 0.164 e. The van der Waals surface area contributed by atoms with E-state index in [4.69, 9.17) is 49.8 Å². The first-order valence-corrected chi connectivity index (χ1v) is 24.9. The Morgan fingerprint density at radius 3 is 1.01 bits per heavy atom. The number of ether oxygens (including phenoxy) is 3. The molecule has 0 fully saturated rings. The van der Waals surface area contributed by atoms with Gasteiger partial charge >= 0.3 is 0 Å². The lowest BCUT2D eigenvalue weighted by Gasteiger charge is -2.19. The Hall–Kier alpha value is -8.90. The van der Waals surface area contributed by atoms with Crippen LogP contribution < -0.4 is 19.9 Å². The van der Waals surface area contributed by atoms with Gasteiger partial charge in [0.25, 0.3) is 0 Å². The molecular weight excluding hydrogens is 919 g/mol. The molecule has 12 nitrogen and oxygen atoms in total. The van der Waals surface area contributed by atoms with Crippen LogP contribution in [0.5, 0.6) is 34.5 Å². The van der Waals surface area contributed by atoms with Crippen LogP contribution in [0.1, 0.15) is 79.0 Å². The van der Waals surface area contributed by atoms with Crippen LogP contribution in [0.15, 0.2) is 146 Å². The average molecular weight is 974 g/mol. The maximum atomic E-state index is 6.52. The first-order chi connectivity index (χ1) is 35.4. The van der Waals surface area contributed by atoms with Crippen molar-refractivity contribution in [1.82, 2.24) is 39.9 Å². The Morgan fingerprint density at radius 2 is 0.622 bits per heavy atom. The molecule has 10 aromatic rings. The molecule has 0 saturated heterocycles. The van der Waals surface area contributed by atoms with Crippen LogP contribution in [0.2, 0.25) is 0 Å². The zero-order valence-electron chi connectivity index (χ0n) is 42.8. The van der Waals surface area contributed by atoms with E-state index in [0.717, 1.165) is 49.5 Å². The molecule has 2 aliphatic rings. The number of anilines is 1. The number of nitrogens with two attached hydrogens (primary N) is 1. The zero-order chi connectivity index (χ0) is 51.3. The summed E-state index contributed by atoms with van der Waals surface area (Å²) < 4.78 is 19.5. The molecule has 3 aromatic heterocycles. The van der Waals surface area contributed by atoms with Crippen LogP contribution in [-0.4, -0.2) is 39.9 Å². The van der Waals surface area contributed by atoms with Crippen molar-refractivity contribution in [3.63, 3.8) is 0 Å². The molecule has 366 valence electrons. The van der Waals surface area contributed by atoms with E-state index in [1.54, 1.807) is 0 Å². The third-order valence-electron chi connectivity index (χ3n) is 13.6. The van der Waals surface area contributed by atoms with Gasteiger partial charge in [0, 0.05) is 49.5 Å². The molecule has 8 bridgehead atoms. The fourth-order valence-electron chi connectivity index (χ4n) is 9.42. The van der Waals surface area contributed by atoms with Gasteiger partial charge in [0.05, 0.1) is 0 Å². The Kier molecular flexibility index (Phi) is 10.7. The number of hydrogen-bond acceptors (Lipinski definition) is 10. The van der Waals surface area contributed by atoms with E-state index < -0.39 is 0 Å². The zero-order valence-corrected chi connectivity index (χ0v) is 42.8. The van der Waals surface area contributed by atoms with Crippen LogP contribution >= 0.6 is 0 Å². The minimum Gasteiger partial charge on any atom is -0.457 e. The number of fused-ring (bicyclic) bond motifs is 20. The number of hydrogen-bond donors (Lipinski definition) is 3. The van der Waals surface area contributed by atoms with E-state index in [0.29, 0.717) is 80.3 Å². The largest absolute Gasteiger partial charge is 0.457 e. The molecule has 12 heteroatoms. The molecule has 7 aromatic carbocycles. The van der Waals surface area contributed by atoms with Crippen LogP contribution in [0.4, 0.5) is 5.69 Å². The number of H-pyrrole nitrogens is 2. The highest BCUT2D eigenvalue weighted by atomic mass is 16.5. The third kappa shape index (κ3) is 8.71. The van der Waals surface area contributed by atoms with E-state index in [-0.39, 0.29) is 16.2 Å². The molecule has 0 unspecified atom stereocenters. The molecular formula is C62H55N9O3. The summed E-state index contributed by atoms with van der Waals surface area (Å²) in [5.74, 6) is 5.82. The highest BCUT2D eigenvalue weighted by molar-refractivity contribution is 6.07. The summed E-state index contributed by atoms with van der Waals surface area (Å²) in [6.07, 6.45) is 0. The summed E-state index contributed by atoms with van der Waals surface area (Å²) in [6, 6.07) is 48.0. The molecule has 5 heterocycles. The number of aromatic nitrogens is 8. The Balaban J connectivity index is 1.07. The fraction of sp³-hybridized carbons (Fsp3) is 0.194.